The van der Waals surface area contributed by atoms with Gasteiger partial charge in [0.15, 0.2) is 5.65 Å². The highest BCUT2D eigenvalue weighted by molar-refractivity contribution is 7.99. The van der Waals surface area contributed by atoms with Gasteiger partial charge in [-0.1, -0.05) is 29.3 Å². The number of aryl methyl sites for hydroxylation is 1. The third-order valence-electron chi connectivity index (χ3n) is 4.65. The molecule has 0 unspecified atom stereocenters. The molecule has 0 atom stereocenters. The van der Waals surface area contributed by atoms with Crippen molar-refractivity contribution in [3.8, 4) is 0 Å². The number of hydrogen-bond acceptors (Lipinski definition) is 4. The summed E-state index contributed by atoms with van der Waals surface area (Å²) in [5.74, 6) is 2.00. The summed E-state index contributed by atoms with van der Waals surface area (Å²) in [6.45, 7) is 2.00. The van der Waals surface area contributed by atoms with Crippen molar-refractivity contribution in [3.63, 3.8) is 0 Å². The zero-order chi connectivity index (χ0) is 18.1. The Morgan fingerprint density at radius 1 is 1.23 bits per heavy atom. The standard InChI is InChI=1S/C19H19ClN4OS/c1-12-2-4-13(5-3-12)23-19(25)16-10-21-18-15(17(16)20)11-22-24(18)14-6-8-26-9-7-14/h2-5,10-11,14H,6-9H2,1H3,(H,23,25). The van der Waals surface area contributed by atoms with Crippen LogP contribution in [0.3, 0.4) is 0 Å². The molecule has 3 aromatic rings. The molecule has 0 radical (unpaired) electrons. The number of aromatic nitrogens is 3. The van der Waals surface area contributed by atoms with Gasteiger partial charge in [-0.15, -0.1) is 0 Å². The Kier molecular flexibility index (Phi) is 4.87. The summed E-state index contributed by atoms with van der Waals surface area (Å²) in [7, 11) is 0. The number of anilines is 1. The maximum Gasteiger partial charge on any atom is 0.258 e. The predicted octanol–water partition coefficient (Wildman–Crippen LogP) is 4.71. The average molecular weight is 387 g/mol. The van der Waals surface area contributed by atoms with Gasteiger partial charge in [0.1, 0.15) is 0 Å². The monoisotopic (exact) mass is 386 g/mol. The van der Waals surface area contributed by atoms with Crippen LogP contribution in [0.25, 0.3) is 11.0 Å². The van der Waals surface area contributed by atoms with Crippen LogP contribution in [0.2, 0.25) is 5.02 Å². The highest BCUT2D eigenvalue weighted by Crippen LogP contribution is 2.32. The van der Waals surface area contributed by atoms with E-state index in [1.165, 1.54) is 0 Å². The van der Waals surface area contributed by atoms with E-state index in [0.29, 0.717) is 16.6 Å². The molecule has 4 rings (SSSR count). The van der Waals surface area contributed by atoms with Crippen LogP contribution in [0.5, 0.6) is 0 Å². The quantitative estimate of drug-likeness (QED) is 0.707. The van der Waals surface area contributed by atoms with Crippen LogP contribution in [-0.4, -0.2) is 32.2 Å². The highest BCUT2D eigenvalue weighted by Gasteiger charge is 2.22. The molecule has 134 valence electrons. The summed E-state index contributed by atoms with van der Waals surface area (Å²) < 4.78 is 1.96. The van der Waals surface area contributed by atoms with Crippen molar-refractivity contribution >= 4 is 46.0 Å². The van der Waals surface area contributed by atoms with Crippen molar-refractivity contribution < 1.29 is 4.79 Å². The van der Waals surface area contributed by atoms with Crippen molar-refractivity contribution in [2.24, 2.45) is 0 Å². The molecule has 1 saturated heterocycles. The van der Waals surface area contributed by atoms with Gasteiger partial charge in [0, 0.05) is 11.9 Å². The van der Waals surface area contributed by atoms with E-state index >= 15 is 0 Å². The molecule has 26 heavy (non-hydrogen) atoms. The lowest BCUT2D eigenvalue weighted by Crippen LogP contribution is -2.17. The third-order valence-corrected chi connectivity index (χ3v) is 6.10. The lowest BCUT2D eigenvalue weighted by molar-refractivity contribution is 0.102. The van der Waals surface area contributed by atoms with Gasteiger partial charge in [0.25, 0.3) is 5.91 Å². The van der Waals surface area contributed by atoms with Crippen molar-refractivity contribution in [3.05, 3.63) is 52.8 Å². The van der Waals surface area contributed by atoms with E-state index in [0.717, 1.165) is 46.6 Å². The molecule has 1 aliphatic rings. The van der Waals surface area contributed by atoms with Gasteiger partial charge in [-0.25, -0.2) is 9.67 Å². The Bertz CT molecular complexity index is 948. The summed E-state index contributed by atoms with van der Waals surface area (Å²) >= 11 is 8.49. The van der Waals surface area contributed by atoms with Gasteiger partial charge >= 0.3 is 0 Å². The number of thioether (sulfide) groups is 1. The van der Waals surface area contributed by atoms with Crippen molar-refractivity contribution in [2.75, 3.05) is 16.8 Å². The van der Waals surface area contributed by atoms with E-state index in [1.807, 2.05) is 47.6 Å². The largest absolute Gasteiger partial charge is 0.322 e. The van der Waals surface area contributed by atoms with E-state index in [-0.39, 0.29) is 5.91 Å². The van der Waals surface area contributed by atoms with Crippen molar-refractivity contribution in [2.45, 2.75) is 25.8 Å². The van der Waals surface area contributed by atoms with E-state index in [9.17, 15) is 4.79 Å². The molecular weight excluding hydrogens is 368 g/mol. The maximum atomic E-state index is 12.6. The van der Waals surface area contributed by atoms with Crippen molar-refractivity contribution in [1.82, 2.24) is 14.8 Å². The van der Waals surface area contributed by atoms with Gasteiger partial charge in [0.05, 0.1) is 28.2 Å². The molecule has 1 aliphatic heterocycles. The van der Waals surface area contributed by atoms with Crippen molar-refractivity contribution in [1.29, 1.82) is 0 Å². The number of rotatable bonds is 3. The number of hydrogen-bond donors (Lipinski definition) is 1. The topological polar surface area (TPSA) is 59.8 Å². The number of pyridine rings is 1. The molecule has 0 aliphatic carbocycles. The average Bonchev–Trinajstić information content (AvgIpc) is 3.09. The van der Waals surface area contributed by atoms with E-state index < -0.39 is 0 Å². The Morgan fingerprint density at radius 2 is 1.96 bits per heavy atom. The molecule has 0 bridgehead atoms. The zero-order valence-electron chi connectivity index (χ0n) is 14.4. The number of carbonyl (C=O) groups excluding carboxylic acids is 1. The first-order valence-corrected chi connectivity index (χ1v) is 10.1. The summed E-state index contributed by atoms with van der Waals surface area (Å²) in [6, 6.07) is 7.99. The lowest BCUT2D eigenvalue weighted by atomic mass is 10.1. The SMILES string of the molecule is Cc1ccc(NC(=O)c2cnc3c(cnn3C3CCSCC3)c2Cl)cc1. The van der Waals surface area contributed by atoms with Gasteiger partial charge < -0.3 is 5.32 Å². The first-order valence-electron chi connectivity index (χ1n) is 8.61. The van der Waals surface area contributed by atoms with Gasteiger partial charge in [0.2, 0.25) is 0 Å². The highest BCUT2D eigenvalue weighted by atomic mass is 35.5. The van der Waals surface area contributed by atoms with Crippen LogP contribution in [-0.2, 0) is 0 Å². The van der Waals surface area contributed by atoms with Gasteiger partial charge in [-0.2, -0.15) is 16.9 Å². The van der Waals surface area contributed by atoms with Crippen LogP contribution in [0.4, 0.5) is 5.69 Å². The molecule has 2 aromatic heterocycles. The second kappa shape index (κ2) is 7.29. The molecule has 3 heterocycles. The molecule has 1 N–H and O–H groups in total. The first-order chi connectivity index (χ1) is 12.6. The molecule has 1 aromatic carbocycles. The smallest absolute Gasteiger partial charge is 0.258 e. The number of nitrogens with zero attached hydrogens (tertiary/aromatic N) is 3. The van der Waals surface area contributed by atoms with E-state index in [2.05, 4.69) is 15.4 Å². The van der Waals surface area contributed by atoms with E-state index in [1.54, 1.807) is 12.4 Å². The number of carbonyl (C=O) groups is 1. The first kappa shape index (κ1) is 17.4. The van der Waals surface area contributed by atoms with Crippen LogP contribution in [0, 0.1) is 6.92 Å². The minimum Gasteiger partial charge on any atom is -0.322 e. The Hall–Kier alpha value is -2.05. The van der Waals surface area contributed by atoms with Crippen LogP contribution >= 0.6 is 23.4 Å². The molecule has 1 amide bonds. The summed E-state index contributed by atoms with van der Waals surface area (Å²) in [5.41, 5.74) is 2.97. The second-order valence-corrected chi connectivity index (χ2v) is 8.08. The van der Waals surface area contributed by atoms with Gasteiger partial charge in [-0.3, -0.25) is 4.79 Å². The van der Waals surface area contributed by atoms with Crippen LogP contribution in [0.1, 0.15) is 34.8 Å². The number of benzene rings is 1. The number of halogens is 1. The number of amides is 1. The zero-order valence-corrected chi connectivity index (χ0v) is 16.0. The fourth-order valence-corrected chi connectivity index (χ4v) is 4.51. The van der Waals surface area contributed by atoms with Crippen LogP contribution in [0.15, 0.2) is 36.7 Å². The Morgan fingerprint density at radius 3 is 2.69 bits per heavy atom. The fourth-order valence-electron chi connectivity index (χ4n) is 3.16. The molecule has 0 saturated carbocycles. The van der Waals surface area contributed by atoms with Crippen LogP contribution < -0.4 is 5.32 Å². The number of fused-ring (bicyclic) bond motifs is 1. The fraction of sp³-hybridized carbons (Fsp3) is 0.316. The minimum atomic E-state index is -0.268. The molecular formula is C19H19ClN4OS. The van der Waals surface area contributed by atoms with E-state index in [4.69, 9.17) is 11.6 Å². The van der Waals surface area contributed by atoms with Gasteiger partial charge in [-0.05, 0) is 43.4 Å². The minimum absolute atomic E-state index is 0.268. The third kappa shape index (κ3) is 3.31. The molecule has 5 nitrogen and oxygen atoms in total. The Balaban J connectivity index is 1.63. The Labute approximate surface area is 161 Å². The molecule has 0 spiro atoms. The summed E-state index contributed by atoms with van der Waals surface area (Å²) in [5, 5.41) is 8.49. The summed E-state index contributed by atoms with van der Waals surface area (Å²) in [6.07, 6.45) is 5.42. The predicted molar refractivity (Wildman–Crippen MR) is 107 cm³/mol. The number of nitrogens with one attached hydrogen (secondary N) is 1. The summed E-state index contributed by atoms with van der Waals surface area (Å²) in [4.78, 5) is 17.1. The normalized spacial score (nSPS) is 15.3. The maximum absolute atomic E-state index is 12.6. The lowest BCUT2D eigenvalue weighted by Gasteiger charge is -2.22. The molecule has 1 fully saturated rings. The molecule has 7 heteroatoms. The second-order valence-electron chi connectivity index (χ2n) is 6.48.